The van der Waals surface area contributed by atoms with Crippen molar-refractivity contribution in [2.45, 2.75) is 75.6 Å². The molecule has 7 heteroatoms. The van der Waals surface area contributed by atoms with Gasteiger partial charge in [0, 0.05) is 17.0 Å². The molecule has 1 amide bonds. The van der Waals surface area contributed by atoms with Crippen LogP contribution in [0.3, 0.4) is 0 Å². The highest BCUT2D eigenvalue weighted by molar-refractivity contribution is 7.90. The molecule has 2 aliphatic rings. The third-order valence-electron chi connectivity index (χ3n) is 7.69. The number of sulfonamides is 1. The van der Waals surface area contributed by atoms with E-state index in [9.17, 15) is 13.2 Å². The zero-order valence-electron chi connectivity index (χ0n) is 22.5. The van der Waals surface area contributed by atoms with Crippen LogP contribution < -0.4 is 9.46 Å². The van der Waals surface area contributed by atoms with E-state index in [0.717, 1.165) is 29.5 Å². The molecule has 3 aromatic carbocycles. The lowest BCUT2D eigenvalue weighted by Gasteiger charge is -2.48. The number of amides is 1. The van der Waals surface area contributed by atoms with Gasteiger partial charge in [0.25, 0.3) is 15.9 Å². The van der Waals surface area contributed by atoms with E-state index in [4.69, 9.17) is 9.47 Å². The number of carbonyl (C=O) groups is 1. The molecule has 2 heterocycles. The van der Waals surface area contributed by atoms with Crippen LogP contribution in [0, 0.1) is 5.92 Å². The van der Waals surface area contributed by atoms with E-state index in [0.29, 0.717) is 5.75 Å². The van der Waals surface area contributed by atoms with E-state index < -0.39 is 21.5 Å². The summed E-state index contributed by atoms with van der Waals surface area (Å²) in [6, 6.07) is 21.8. The van der Waals surface area contributed by atoms with Gasteiger partial charge in [0.1, 0.15) is 11.4 Å². The van der Waals surface area contributed by atoms with Gasteiger partial charge < -0.3 is 9.47 Å². The number of nitrogens with one attached hydrogen (secondary N) is 1. The first-order valence-electron chi connectivity index (χ1n) is 13.1. The van der Waals surface area contributed by atoms with Crippen molar-refractivity contribution in [1.82, 2.24) is 4.72 Å². The first-order chi connectivity index (χ1) is 17.8. The van der Waals surface area contributed by atoms with Gasteiger partial charge in [-0.25, -0.2) is 13.1 Å². The van der Waals surface area contributed by atoms with Crippen molar-refractivity contribution in [2.24, 2.45) is 5.92 Å². The summed E-state index contributed by atoms with van der Waals surface area (Å²) in [4.78, 5) is 13.2. The van der Waals surface area contributed by atoms with Crippen LogP contribution >= 0.6 is 0 Å². The molecule has 3 aromatic rings. The topological polar surface area (TPSA) is 81.7 Å². The summed E-state index contributed by atoms with van der Waals surface area (Å²) in [5.74, 6) is 0.0602. The Morgan fingerprint density at radius 1 is 0.947 bits per heavy atom. The van der Waals surface area contributed by atoms with Gasteiger partial charge >= 0.3 is 0 Å². The summed E-state index contributed by atoms with van der Waals surface area (Å²) in [5, 5.41) is 0. The predicted octanol–water partition coefficient (Wildman–Crippen LogP) is 6.48. The van der Waals surface area contributed by atoms with E-state index in [1.165, 1.54) is 12.1 Å². The van der Waals surface area contributed by atoms with Gasteiger partial charge in [-0.2, -0.15) is 0 Å². The second kappa shape index (κ2) is 9.54. The van der Waals surface area contributed by atoms with Crippen molar-refractivity contribution in [1.29, 1.82) is 0 Å². The van der Waals surface area contributed by atoms with Crippen LogP contribution in [0.1, 0.15) is 86.7 Å². The first-order valence-corrected chi connectivity index (χ1v) is 14.5. The number of carbonyl (C=O) groups excluding carboxylic acids is 1. The van der Waals surface area contributed by atoms with Crippen LogP contribution in [0.4, 0.5) is 0 Å². The van der Waals surface area contributed by atoms with Gasteiger partial charge in [-0.3, -0.25) is 4.79 Å². The zero-order valence-corrected chi connectivity index (χ0v) is 23.3. The minimum atomic E-state index is -4.04. The van der Waals surface area contributed by atoms with E-state index in [-0.39, 0.29) is 34.0 Å². The molecule has 2 aliphatic heterocycles. The molecule has 38 heavy (non-hydrogen) atoms. The molecule has 6 nitrogen and oxygen atoms in total. The van der Waals surface area contributed by atoms with Crippen LogP contribution in [-0.4, -0.2) is 19.9 Å². The number of rotatable bonds is 4. The van der Waals surface area contributed by atoms with E-state index >= 15 is 0 Å². The van der Waals surface area contributed by atoms with E-state index in [1.54, 1.807) is 30.3 Å². The molecule has 0 saturated carbocycles. The van der Waals surface area contributed by atoms with Gasteiger partial charge in [0.2, 0.25) is 0 Å². The Balaban J connectivity index is 1.41. The Hall–Kier alpha value is -3.16. The van der Waals surface area contributed by atoms with Gasteiger partial charge in [0.05, 0.1) is 17.1 Å². The van der Waals surface area contributed by atoms with Gasteiger partial charge in [-0.1, -0.05) is 63.2 Å². The van der Waals surface area contributed by atoms with Crippen LogP contribution in [0.15, 0.2) is 77.7 Å². The maximum Gasteiger partial charge on any atom is 0.265 e. The highest BCUT2D eigenvalue weighted by Gasteiger charge is 2.48. The molecule has 0 bridgehead atoms. The maximum atomic E-state index is 13.1. The normalized spacial score (nSPS) is 22.5. The molecule has 0 aliphatic carbocycles. The average molecular weight is 534 g/mol. The molecule has 5 rings (SSSR count). The van der Waals surface area contributed by atoms with Crippen LogP contribution in [0.25, 0.3) is 0 Å². The Morgan fingerprint density at radius 3 is 2.29 bits per heavy atom. The number of hydrogen-bond acceptors (Lipinski definition) is 5. The third-order valence-corrected chi connectivity index (χ3v) is 9.04. The Labute approximate surface area is 225 Å². The van der Waals surface area contributed by atoms with Crippen molar-refractivity contribution in [2.75, 3.05) is 0 Å². The first kappa shape index (κ1) is 26.4. The van der Waals surface area contributed by atoms with Crippen molar-refractivity contribution < 1.29 is 22.7 Å². The highest BCUT2D eigenvalue weighted by atomic mass is 32.2. The van der Waals surface area contributed by atoms with Gasteiger partial charge in [-0.05, 0) is 73.6 Å². The minimum absolute atomic E-state index is 0.0447. The van der Waals surface area contributed by atoms with Crippen molar-refractivity contribution in [3.63, 3.8) is 0 Å². The third kappa shape index (κ3) is 5.09. The number of benzene rings is 3. The molecule has 1 fully saturated rings. The molecule has 0 aromatic heterocycles. The van der Waals surface area contributed by atoms with Crippen LogP contribution in [-0.2, 0) is 20.2 Å². The maximum absolute atomic E-state index is 13.1. The fourth-order valence-electron chi connectivity index (χ4n) is 5.48. The van der Waals surface area contributed by atoms with Crippen LogP contribution in [0.2, 0.25) is 0 Å². The second-order valence-electron chi connectivity index (χ2n) is 11.8. The van der Waals surface area contributed by atoms with Crippen molar-refractivity contribution in [3.05, 3.63) is 95.1 Å². The van der Waals surface area contributed by atoms with Crippen molar-refractivity contribution in [3.8, 4) is 5.75 Å². The summed E-state index contributed by atoms with van der Waals surface area (Å²) in [5.41, 5.74) is 2.60. The Morgan fingerprint density at radius 2 is 1.63 bits per heavy atom. The molecular weight excluding hydrogens is 498 g/mol. The summed E-state index contributed by atoms with van der Waals surface area (Å²) < 4.78 is 41.2. The number of fused-ring (bicyclic) bond motifs is 3. The largest absolute Gasteiger partial charge is 0.487 e. The van der Waals surface area contributed by atoms with E-state index in [1.807, 2.05) is 18.2 Å². The fourth-order valence-corrected chi connectivity index (χ4v) is 6.45. The SMILES string of the molecule is CC(C)(C)c1ccc(S(=O)(=O)NC(=O)c2ccc3c(c2)[C@@H]2O[C@H](c4ccccc4)CC[C@H]2C(C)(C)O3)cc1. The Kier molecular flexibility index (Phi) is 6.64. The molecule has 0 unspecified atom stereocenters. The molecule has 0 radical (unpaired) electrons. The summed E-state index contributed by atoms with van der Waals surface area (Å²) in [6.45, 7) is 10.3. The summed E-state index contributed by atoms with van der Waals surface area (Å²) in [6.07, 6.45) is 1.45. The summed E-state index contributed by atoms with van der Waals surface area (Å²) in [7, 11) is -4.04. The highest BCUT2D eigenvalue weighted by Crippen LogP contribution is 2.53. The average Bonchev–Trinajstić information content (AvgIpc) is 2.88. The second-order valence-corrected chi connectivity index (χ2v) is 13.5. The van der Waals surface area contributed by atoms with Crippen molar-refractivity contribution >= 4 is 15.9 Å². The Bertz CT molecular complexity index is 1440. The van der Waals surface area contributed by atoms with Gasteiger partial charge in [-0.15, -0.1) is 0 Å². The predicted molar refractivity (Wildman–Crippen MR) is 147 cm³/mol. The number of ether oxygens (including phenoxy) is 2. The molecule has 1 N–H and O–H groups in total. The fraction of sp³-hybridized carbons (Fsp3) is 0.387. The quantitative estimate of drug-likeness (QED) is 0.415. The lowest BCUT2D eigenvalue weighted by Crippen LogP contribution is -2.47. The summed E-state index contributed by atoms with van der Waals surface area (Å²) >= 11 is 0. The smallest absolute Gasteiger partial charge is 0.265 e. The number of hydrogen-bond donors (Lipinski definition) is 1. The van der Waals surface area contributed by atoms with Gasteiger partial charge in [0.15, 0.2) is 0 Å². The monoisotopic (exact) mass is 533 g/mol. The molecule has 1 saturated heterocycles. The standard InChI is InChI=1S/C31H35NO5S/c1-30(2,3)22-12-14-23(15-13-22)38(34,35)32-29(33)21-11-17-27-24(19-21)28-25(31(4,5)37-27)16-18-26(36-28)20-9-7-6-8-10-20/h6-15,17,19,25-26,28H,16,18H2,1-5H3,(H,32,33)/t25-,26+,28+/m1/s1. The van der Waals surface area contributed by atoms with E-state index in [2.05, 4.69) is 51.5 Å². The zero-order chi connectivity index (χ0) is 27.3. The molecule has 200 valence electrons. The lowest BCUT2D eigenvalue weighted by molar-refractivity contribution is -0.151. The van der Waals surface area contributed by atoms with Crippen LogP contribution in [0.5, 0.6) is 5.75 Å². The molecule has 3 atom stereocenters. The molecule has 0 spiro atoms. The lowest BCUT2D eigenvalue weighted by atomic mass is 9.74. The molecular formula is C31H35NO5S. The minimum Gasteiger partial charge on any atom is -0.487 e.